The van der Waals surface area contributed by atoms with E-state index in [9.17, 15) is 23.8 Å². The molecule has 0 fully saturated rings. The van der Waals surface area contributed by atoms with Gasteiger partial charge >= 0.3 is 25.7 Å². The van der Waals surface area contributed by atoms with Crippen LogP contribution in [-0.2, 0) is 37.5 Å². The number of hydrogen-bond donors (Lipinski definition) is 3. The number of hydrogen-bond acceptors (Lipinski definition) is 9. The number of unbranched alkanes of at least 4 members (excludes halogenated alkanes) is 27. The first-order valence-electron chi connectivity index (χ1n) is 22.7. The van der Waals surface area contributed by atoms with Crippen LogP contribution in [0.4, 0.5) is 0 Å². The number of esters is 2. The normalized spacial score (nSPS) is 13.8. The summed E-state index contributed by atoms with van der Waals surface area (Å²) in [6, 6.07) is -1.52. The van der Waals surface area contributed by atoms with Crippen molar-refractivity contribution in [3.63, 3.8) is 0 Å². The van der Waals surface area contributed by atoms with E-state index in [4.69, 9.17) is 24.8 Å². The van der Waals surface area contributed by atoms with Crippen LogP contribution in [0.1, 0.15) is 219 Å². The fourth-order valence-corrected chi connectivity index (χ4v) is 7.19. The van der Waals surface area contributed by atoms with Crippen molar-refractivity contribution in [2.45, 2.75) is 231 Å². The Morgan fingerprint density at radius 1 is 0.536 bits per heavy atom. The molecule has 12 heteroatoms. The number of phosphoric acid groups is 1. The predicted molar refractivity (Wildman–Crippen MR) is 226 cm³/mol. The molecule has 0 aliphatic carbocycles. The van der Waals surface area contributed by atoms with Gasteiger partial charge in [-0.1, -0.05) is 180 Å². The van der Waals surface area contributed by atoms with Crippen molar-refractivity contribution in [2.24, 2.45) is 5.73 Å². The highest BCUT2D eigenvalue weighted by atomic mass is 31.2. The van der Waals surface area contributed by atoms with Gasteiger partial charge < -0.3 is 25.2 Å². The molecule has 11 nitrogen and oxygen atoms in total. The van der Waals surface area contributed by atoms with Gasteiger partial charge in [-0.15, -0.1) is 0 Å². The smallest absolute Gasteiger partial charge is 0.472 e. The van der Waals surface area contributed by atoms with E-state index in [0.717, 1.165) is 44.9 Å². The maximum absolute atomic E-state index is 12.6. The van der Waals surface area contributed by atoms with Gasteiger partial charge in [0.2, 0.25) is 0 Å². The average molecular weight is 818 g/mol. The Labute approximate surface area is 341 Å². The maximum Gasteiger partial charge on any atom is 0.472 e. The van der Waals surface area contributed by atoms with Crippen LogP contribution in [0.5, 0.6) is 0 Å². The highest BCUT2D eigenvalue weighted by molar-refractivity contribution is 7.47. The molecule has 0 saturated heterocycles. The van der Waals surface area contributed by atoms with Crippen molar-refractivity contribution < 1.29 is 47.5 Å². The van der Waals surface area contributed by atoms with Crippen molar-refractivity contribution in [1.82, 2.24) is 0 Å². The van der Waals surface area contributed by atoms with E-state index in [0.29, 0.717) is 12.8 Å². The van der Waals surface area contributed by atoms with Gasteiger partial charge in [0.1, 0.15) is 12.6 Å². The van der Waals surface area contributed by atoms with Crippen molar-refractivity contribution in [1.29, 1.82) is 0 Å². The van der Waals surface area contributed by atoms with Crippen molar-refractivity contribution >= 4 is 25.7 Å². The molecule has 0 spiro atoms. The molecule has 4 N–H and O–H groups in total. The summed E-state index contributed by atoms with van der Waals surface area (Å²) in [6.07, 6.45) is 39.9. The first-order valence-corrected chi connectivity index (χ1v) is 24.2. The molecular formula is C44H84NO10P. The Hall–Kier alpha value is -1.78. The summed E-state index contributed by atoms with van der Waals surface area (Å²) in [7, 11) is -4.71. The van der Waals surface area contributed by atoms with E-state index < -0.39 is 51.1 Å². The number of phosphoric ester groups is 1. The second kappa shape index (κ2) is 40.0. The van der Waals surface area contributed by atoms with Crippen LogP contribution < -0.4 is 5.73 Å². The summed E-state index contributed by atoms with van der Waals surface area (Å²) >= 11 is 0. The number of carboxylic acids is 1. The molecule has 56 heavy (non-hydrogen) atoms. The van der Waals surface area contributed by atoms with Crippen LogP contribution >= 0.6 is 7.82 Å². The molecule has 330 valence electrons. The summed E-state index contributed by atoms with van der Waals surface area (Å²) < 4.78 is 32.7. The predicted octanol–water partition coefficient (Wildman–Crippen LogP) is 12.1. The number of rotatable bonds is 43. The Morgan fingerprint density at radius 3 is 1.32 bits per heavy atom. The number of allylic oxidation sites excluding steroid dienone is 2. The third-order valence-corrected chi connectivity index (χ3v) is 11.0. The standard InChI is InChI=1S/C44H84NO10P/c1-3-5-7-9-11-13-15-17-18-19-20-21-22-24-26-28-30-32-34-36-43(47)55-40(38-53-56(50,51)54-39-41(45)44(48)49)37-52-42(46)35-33-31-29-27-25-23-16-14-12-10-8-6-4-2/h23,25,40-41H,3-22,24,26-39,45H2,1-2H3,(H,48,49)(H,50,51)/b25-23+/t40-,41-/m0/s1. The fraction of sp³-hybridized carbons (Fsp3) is 0.886. The van der Waals surface area contributed by atoms with Gasteiger partial charge in [0.05, 0.1) is 13.2 Å². The summed E-state index contributed by atoms with van der Waals surface area (Å²) in [5, 5.41) is 8.89. The van der Waals surface area contributed by atoms with Crippen molar-refractivity contribution in [2.75, 3.05) is 19.8 Å². The third kappa shape index (κ3) is 39.1. The minimum atomic E-state index is -4.71. The van der Waals surface area contributed by atoms with E-state index in [-0.39, 0.29) is 19.4 Å². The topological polar surface area (TPSA) is 172 Å². The Bertz CT molecular complexity index is 1010. The lowest BCUT2D eigenvalue weighted by Gasteiger charge is -2.20. The van der Waals surface area contributed by atoms with Gasteiger partial charge in [0.25, 0.3) is 0 Å². The van der Waals surface area contributed by atoms with Crippen molar-refractivity contribution in [3.05, 3.63) is 12.2 Å². The first kappa shape index (κ1) is 54.2. The Morgan fingerprint density at radius 2 is 0.893 bits per heavy atom. The summed E-state index contributed by atoms with van der Waals surface area (Å²) in [5.41, 5.74) is 5.33. The van der Waals surface area contributed by atoms with Crippen molar-refractivity contribution in [3.8, 4) is 0 Å². The fourth-order valence-electron chi connectivity index (χ4n) is 6.41. The lowest BCUT2D eigenvalue weighted by molar-refractivity contribution is -0.161. The number of carbonyl (C=O) groups is 3. The van der Waals surface area contributed by atoms with Gasteiger partial charge in [-0.25, -0.2) is 4.57 Å². The van der Waals surface area contributed by atoms with E-state index in [1.54, 1.807) is 0 Å². The lowest BCUT2D eigenvalue weighted by atomic mass is 10.0. The van der Waals surface area contributed by atoms with Gasteiger partial charge in [-0.3, -0.25) is 23.4 Å². The SMILES string of the molecule is CCCCCCCC/C=C/CCCCCC(=O)OC[C@@H](COP(=O)(O)OC[C@H](N)C(=O)O)OC(=O)CCCCCCCCCCCCCCCCCCCCC. The largest absolute Gasteiger partial charge is 0.480 e. The van der Waals surface area contributed by atoms with Gasteiger partial charge in [-0.05, 0) is 38.5 Å². The van der Waals surface area contributed by atoms with E-state index in [2.05, 4.69) is 30.5 Å². The number of ether oxygens (including phenoxy) is 2. The Balaban J connectivity index is 4.29. The highest BCUT2D eigenvalue weighted by Crippen LogP contribution is 2.43. The van der Waals surface area contributed by atoms with Crippen LogP contribution in [0.3, 0.4) is 0 Å². The first-order chi connectivity index (χ1) is 27.1. The summed E-state index contributed by atoms with van der Waals surface area (Å²) in [4.78, 5) is 45.9. The molecule has 0 rings (SSSR count). The van der Waals surface area contributed by atoms with Gasteiger partial charge in [0, 0.05) is 12.8 Å². The van der Waals surface area contributed by atoms with Gasteiger partial charge in [0.15, 0.2) is 6.10 Å². The van der Waals surface area contributed by atoms with Crippen LogP contribution in [0.2, 0.25) is 0 Å². The van der Waals surface area contributed by atoms with Crippen LogP contribution in [0.25, 0.3) is 0 Å². The maximum atomic E-state index is 12.6. The number of aliphatic carboxylic acids is 1. The average Bonchev–Trinajstić information content (AvgIpc) is 3.17. The number of nitrogens with two attached hydrogens (primary N) is 1. The molecule has 0 aromatic heterocycles. The molecule has 0 radical (unpaired) electrons. The number of carboxylic acid groups (broad SMARTS) is 1. The number of carbonyl (C=O) groups excluding carboxylic acids is 2. The second-order valence-electron chi connectivity index (χ2n) is 15.5. The monoisotopic (exact) mass is 818 g/mol. The van der Waals surface area contributed by atoms with E-state index in [1.165, 1.54) is 135 Å². The zero-order valence-corrected chi connectivity index (χ0v) is 36.6. The zero-order chi connectivity index (χ0) is 41.4. The van der Waals surface area contributed by atoms with E-state index in [1.807, 2.05) is 0 Å². The lowest BCUT2D eigenvalue weighted by Crippen LogP contribution is -2.34. The molecular weight excluding hydrogens is 733 g/mol. The van der Waals surface area contributed by atoms with Crippen LogP contribution in [-0.4, -0.2) is 59.9 Å². The Kier molecular flexibility index (Phi) is 38.7. The zero-order valence-electron chi connectivity index (χ0n) is 35.7. The molecule has 0 aromatic carbocycles. The molecule has 0 aliphatic rings. The van der Waals surface area contributed by atoms with Crippen LogP contribution in [0, 0.1) is 0 Å². The van der Waals surface area contributed by atoms with E-state index >= 15 is 0 Å². The van der Waals surface area contributed by atoms with Crippen LogP contribution in [0.15, 0.2) is 12.2 Å². The summed E-state index contributed by atoms with van der Waals surface area (Å²) in [6.45, 7) is 2.81. The molecule has 0 amide bonds. The molecule has 0 saturated carbocycles. The molecule has 3 atom stereocenters. The quantitative estimate of drug-likeness (QED) is 0.0231. The second-order valence-corrected chi connectivity index (χ2v) is 17.0. The molecule has 1 unspecified atom stereocenters. The third-order valence-electron chi connectivity index (χ3n) is 10.0. The molecule has 0 aromatic rings. The molecule has 0 heterocycles. The molecule has 0 bridgehead atoms. The molecule has 0 aliphatic heterocycles. The summed E-state index contributed by atoms with van der Waals surface area (Å²) in [5.74, 6) is -2.38. The van der Waals surface area contributed by atoms with Gasteiger partial charge in [-0.2, -0.15) is 0 Å². The minimum absolute atomic E-state index is 0.164. The highest BCUT2D eigenvalue weighted by Gasteiger charge is 2.28. The minimum Gasteiger partial charge on any atom is -0.480 e.